The van der Waals surface area contributed by atoms with Crippen molar-refractivity contribution in [1.82, 2.24) is 4.98 Å². The van der Waals surface area contributed by atoms with Crippen LogP contribution in [0.15, 0.2) is 36.5 Å². The molecular weight excluding hydrogens is 212 g/mol. The van der Waals surface area contributed by atoms with Gasteiger partial charge in [-0.1, -0.05) is 18.2 Å². The molecule has 2 N–H and O–H groups in total. The average Bonchev–Trinajstić information content (AvgIpc) is 2.87. The number of para-hydroxylation sites is 1. The van der Waals surface area contributed by atoms with E-state index in [1.165, 1.54) is 10.9 Å². The number of hydrogen-bond acceptors (Lipinski definition) is 3. The fourth-order valence-electron chi connectivity index (χ4n) is 2.39. The second-order valence-corrected chi connectivity index (χ2v) is 4.52. The maximum absolute atomic E-state index is 5.88. The summed E-state index contributed by atoms with van der Waals surface area (Å²) >= 11 is 0. The predicted molar refractivity (Wildman–Crippen MR) is 67.6 cm³/mol. The first kappa shape index (κ1) is 10.7. The fourth-order valence-corrected chi connectivity index (χ4v) is 2.39. The molecule has 1 aliphatic heterocycles. The summed E-state index contributed by atoms with van der Waals surface area (Å²) in [5.74, 6) is 0. The second kappa shape index (κ2) is 4.43. The Morgan fingerprint density at radius 3 is 3.00 bits per heavy atom. The van der Waals surface area contributed by atoms with Gasteiger partial charge in [0.25, 0.3) is 0 Å². The van der Waals surface area contributed by atoms with Crippen molar-refractivity contribution in [1.29, 1.82) is 0 Å². The van der Waals surface area contributed by atoms with Gasteiger partial charge in [-0.15, -0.1) is 0 Å². The number of pyridine rings is 1. The van der Waals surface area contributed by atoms with Crippen molar-refractivity contribution in [2.45, 2.75) is 25.0 Å². The zero-order valence-corrected chi connectivity index (χ0v) is 9.67. The SMILES string of the molecule is NCC1CCC(c2cnc3ccccc3c2)O1. The van der Waals surface area contributed by atoms with Gasteiger partial charge in [-0.05, 0) is 30.5 Å². The molecule has 88 valence electrons. The molecule has 0 bridgehead atoms. The highest BCUT2D eigenvalue weighted by atomic mass is 16.5. The normalized spacial score (nSPS) is 24.3. The van der Waals surface area contributed by atoms with Crippen LogP contribution < -0.4 is 5.73 Å². The average molecular weight is 228 g/mol. The van der Waals surface area contributed by atoms with Crippen LogP contribution in [0, 0.1) is 0 Å². The molecule has 1 aromatic heterocycles. The zero-order chi connectivity index (χ0) is 11.7. The molecule has 0 saturated carbocycles. The summed E-state index contributed by atoms with van der Waals surface area (Å²) < 4.78 is 5.88. The first-order valence-electron chi connectivity index (χ1n) is 6.07. The minimum atomic E-state index is 0.167. The lowest BCUT2D eigenvalue weighted by Crippen LogP contribution is -2.18. The second-order valence-electron chi connectivity index (χ2n) is 4.52. The molecular formula is C14H16N2O. The number of nitrogens with zero attached hydrogens (tertiary/aromatic N) is 1. The third-order valence-electron chi connectivity index (χ3n) is 3.35. The van der Waals surface area contributed by atoms with Gasteiger partial charge in [0, 0.05) is 18.1 Å². The van der Waals surface area contributed by atoms with Gasteiger partial charge >= 0.3 is 0 Å². The third-order valence-corrected chi connectivity index (χ3v) is 3.35. The number of benzene rings is 1. The third kappa shape index (κ3) is 2.04. The molecule has 0 radical (unpaired) electrons. The van der Waals surface area contributed by atoms with Crippen LogP contribution in [0.3, 0.4) is 0 Å². The van der Waals surface area contributed by atoms with E-state index in [1.54, 1.807) is 0 Å². The van der Waals surface area contributed by atoms with Gasteiger partial charge in [-0.3, -0.25) is 4.98 Å². The van der Waals surface area contributed by atoms with Crippen molar-refractivity contribution in [2.75, 3.05) is 6.54 Å². The molecule has 0 aliphatic carbocycles. The molecule has 0 amide bonds. The number of ether oxygens (including phenoxy) is 1. The minimum Gasteiger partial charge on any atom is -0.369 e. The van der Waals surface area contributed by atoms with Crippen LogP contribution in [0.2, 0.25) is 0 Å². The number of nitrogens with two attached hydrogens (primary N) is 1. The largest absolute Gasteiger partial charge is 0.369 e. The maximum atomic E-state index is 5.88. The summed E-state index contributed by atoms with van der Waals surface area (Å²) in [7, 11) is 0. The standard InChI is InChI=1S/C14H16N2O/c15-8-12-5-6-14(17-12)11-7-10-3-1-2-4-13(10)16-9-11/h1-4,7,9,12,14H,5-6,8,15H2. The van der Waals surface area contributed by atoms with Crippen LogP contribution in [0.5, 0.6) is 0 Å². The van der Waals surface area contributed by atoms with Crippen LogP contribution in [-0.4, -0.2) is 17.6 Å². The van der Waals surface area contributed by atoms with Crippen LogP contribution >= 0.6 is 0 Å². The first-order chi connectivity index (χ1) is 8.36. The molecule has 1 aliphatic rings. The topological polar surface area (TPSA) is 48.1 Å². The van der Waals surface area contributed by atoms with Crippen molar-refractivity contribution in [3.05, 3.63) is 42.1 Å². The molecule has 2 atom stereocenters. The van der Waals surface area contributed by atoms with E-state index in [4.69, 9.17) is 10.5 Å². The highest BCUT2D eigenvalue weighted by Gasteiger charge is 2.25. The molecule has 0 spiro atoms. The van der Waals surface area contributed by atoms with Gasteiger partial charge < -0.3 is 10.5 Å². The number of rotatable bonds is 2. The van der Waals surface area contributed by atoms with Gasteiger partial charge in [-0.2, -0.15) is 0 Å². The van der Waals surface area contributed by atoms with Gasteiger partial charge in [-0.25, -0.2) is 0 Å². The zero-order valence-electron chi connectivity index (χ0n) is 9.67. The monoisotopic (exact) mass is 228 g/mol. The fraction of sp³-hybridized carbons (Fsp3) is 0.357. The highest BCUT2D eigenvalue weighted by Crippen LogP contribution is 2.32. The summed E-state index contributed by atoms with van der Waals surface area (Å²) in [6.07, 6.45) is 4.40. The Morgan fingerprint density at radius 2 is 2.18 bits per heavy atom. The van der Waals surface area contributed by atoms with E-state index in [2.05, 4.69) is 17.1 Å². The van der Waals surface area contributed by atoms with E-state index in [-0.39, 0.29) is 12.2 Å². The maximum Gasteiger partial charge on any atom is 0.0845 e. The van der Waals surface area contributed by atoms with Crippen molar-refractivity contribution in [3.63, 3.8) is 0 Å². The Balaban J connectivity index is 1.91. The molecule has 3 heteroatoms. The van der Waals surface area contributed by atoms with E-state index < -0.39 is 0 Å². The van der Waals surface area contributed by atoms with Crippen LogP contribution in [0.4, 0.5) is 0 Å². The summed E-state index contributed by atoms with van der Waals surface area (Å²) in [5, 5.41) is 1.17. The van der Waals surface area contributed by atoms with Gasteiger partial charge in [0.1, 0.15) is 0 Å². The molecule has 2 unspecified atom stereocenters. The molecule has 3 rings (SSSR count). The summed E-state index contributed by atoms with van der Waals surface area (Å²) in [4.78, 5) is 4.47. The van der Waals surface area contributed by atoms with Crippen LogP contribution in [0.1, 0.15) is 24.5 Å². The van der Waals surface area contributed by atoms with Crippen molar-refractivity contribution in [2.24, 2.45) is 5.73 Å². The van der Waals surface area contributed by atoms with Crippen molar-refractivity contribution in [3.8, 4) is 0 Å². The van der Waals surface area contributed by atoms with E-state index in [0.717, 1.165) is 18.4 Å². The number of hydrogen-bond donors (Lipinski definition) is 1. The lowest BCUT2D eigenvalue weighted by atomic mass is 10.1. The molecule has 1 saturated heterocycles. The lowest BCUT2D eigenvalue weighted by Gasteiger charge is -2.12. The smallest absolute Gasteiger partial charge is 0.0845 e. The van der Waals surface area contributed by atoms with Gasteiger partial charge in [0.2, 0.25) is 0 Å². The molecule has 1 fully saturated rings. The minimum absolute atomic E-state index is 0.167. The first-order valence-corrected chi connectivity index (χ1v) is 6.07. The summed E-state index contributed by atoms with van der Waals surface area (Å²) in [5.41, 5.74) is 7.82. The van der Waals surface area contributed by atoms with E-state index >= 15 is 0 Å². The van der Waals surface area contributed by atoms with Crippen LogP contribution in [-0.2, 0) is 4.74 Å². The van der Waals surface area contributed by atoms with Crippen molar-refractivity contribution >= 4 is 10.9 Å². The van der Waals surface area contributed by atoms with Gasteiger partial charge in [0.05, 0.1) is 17.7 Å². The molecule has 1 aromatic carbocycles. The number of aromatic nitrogens is 1. The Labute approximate surface area is 101 Å². The van der Waals surface area contributed by atoms with E-state index in [9.17, 15) is 0 Å². The Morgan fingerprint density at radius 1 is 1.29 bits per heavy atom. The molecule has 2 aromatic rings. The summed E-state index contributed by atoms with van der Waals surface area (Å²) in [6, 6.07) is 10.3. The Bertz CT molecular complexity index is 526. The van der Waals surface area contributed by atoms with Gasteiger partial charge in [0.15, 0.2) is 0 Å². The predicted octanol–water partition coefficient (Wildman–Crippen LogP) is 2.41. The quantitative estimate of drug-likeness (QED) is 0.858. The number of fused-ring (bicyclic) bond motifs is 1. The Kier molecular flexibility index (Phi) is 2.79. The Hall–Kier alpha value is -1.45. The van der Waals surface area contributed by atoms with Crippen LogP contribution in [0.25, 0.3) is 10.9 Å². The van der Waals surface area contributed by atoms with E-state index in [0.29, 0.717) is 6.54 Å². The summed E-state index contributed by atoms with van der Waals surface area (Å²) in [6.45, 7) is 0.609. The molecule has 3 nitrogen and oxygen atoms in total. The highest BCUT2D eigenvalue weighted by molar-refractivity contribution is 5.78. The molecule has 2 heterocycles. The van der Waals surface area contributed by atoms with E-state index in [1.807, 2.05) is 24.4 Å². The van der Waals surface area contributed by atoms with Crippen molar-refractivity contribution < 1.29 is 4.74 Å². The molecule has 17 heavy (non-hydrogen) atoms. The lowest BCUT2D eigenvalue weighted by molar-refractivity contribution is 0.0497.